The summed E-state index contributed by atoms with van der Waals surface area (Å²) in [7, 11) is 0. The molecule has 0 bridgehead atoms. The Balaban J connectivity index is 1.52. The Hall–Kier alpha value is -3.96. The number of benzene rings is 3. The molecule has 1 amide bonds. The predicted octanol–water partition coefficient (Wildman–Crippen LogP) is 7.32. The van der Waals surface area contributed by atoms with E-state index in [2.05, 4.69) is 18.3 Å². The average Bonchev–Trinajstić information content (AvgIpc) is 3.26. The number of rotatable bonds is 5. The van der Waals surface area contributed by atoms with Gasteiger partial charge in [0.2, 0.25) is 0 Å². The molecule has 5 aromatic rings. The van der Waals surface area contributed by atoms with Crippen LogP contribution in [0.1, 0.15) is 15.2 Å². The lowest BCUT2D eigenvalue weighted by Crippen LogP contribution is -2.13. The number of amides is 1. The van der Waals surface area contributed by atoms with E-state index in [-0.39, 0.29) is 5.91 Å². The van der Waals surface area contributed by atoms with Crippen LogP contribution in [0.3, 0.4) is 0 Å². The van der Waals surface area contributed by atoms with Crippen molar-refractivity contribution in [2.24, 2.45) is 0 Å². The van der Waals surface area contributed by atoms with Gasteiger partial charge in [0.15, 0.2) is 5.75 Å². The van der Waals surface area contributed by atoms with E-state index in [9.17, 15) is 4.79 Å². The van der Waals surface area contributed by atoms with E-state index < -0.39 is 0 Å². The molecule has 0 saturated heterocycles. The van der Waals surface area contributed by atoms with Gasteiger partial charge in [0, 0.05) is 10.3 Å². The van der Waals surface area contributed by atoms with Gasteiger partial charge in [-0.1, -0.05) is 48.5 Å². The SMILES string of the molecule is Cc1ccc(-c2cc(C(=O)Nc3ccccc3Oc3ccccc3)c3ccccc3n2)s1. The molecule has 0 aliphatic rings. The molecule has 0 radical (unpaired) electrons. The first-order chi connectivity index (χ1) is 15.7. The Morgan fingerprint density at radius 3 is 2.44 bits per heavy atom. The van der Waals surface area contributed by atoms with Gasteiger partial charge in [-0.2, -0.15) is 0 Å². The third-order valence-electron chi connectivity index (χ3n) is 5.06. The van der Waals surface area contributed by atoms with Crippen LogP contribution in [0, 0.1) is 6.92 Å². The predicted molar refractivity (Wildman–Crippen MR) is 131 cm³/mol. The van der Waals surface area contributed by atoms with Gasteiger partial charge in [0.1, 0.15) is 5.75 Å². The Bertz CT molecular complexity index is 1410. The van der Waals surface area contributed by atoms with E-state index in [0.717, 1.165) is 21.5 Å². The standard InChI is InChI=1S/C27H20N2O2S/c1-18-15-16-26(32-18)24-17-21(20-11-5-6-12-22(20)28-24)27(30)29-23-13-7-8-14-25(23)31-19-9-3-2-4-10-19/h2-17H,1H3,(H,29,30). The number of aromatic nitrogens is 1. The highest BCUT2D eigenvalue weighted by Gasteiger charge is 2.16. The molecule has 5 heteroatoms. The summed E-state index contributed by atoms with van der Waals surface area (Å²) in [5.74, 6) is 1.08. The average molecular weight is 437 g/mol. The number of fused-ring (bicyclic) bond motifs is 1. The number of para-hydroxylation sites is 4. The number of thiophene rings is 1. The summed E-state index contributed by atoms with van der Waals surface area (Å²) in [5.41, 5.74) is 2.76. The maximum absolute atomic E-state index is 13.4. The monoisotopic (exact) mass is 436 g/mol. The van der Waals surface area contributed by atoms with E-state index in [0.29, 0.717) is 22.7 Å². The van der Waals surface area contributed by atoms with Crippen molar-refractivity contribution in [3.63, 3.8) is 0 Å². The van der Waals surface area contributed by atoms with Gasteiger partial charge in [-0.05, 0) is 55.5 Å². The van der Waals surface area contributed by atoms with Crippen molar-refractivity contribution in [1.82, 2.24) is 4.98 Å². The fourth-order valence-corrected chi connectivity index (χ4v) is 4.35. The Morgan fingerprint density at radius 2 is 1.62 bits per heavy atom. The van der Waals surface area contributed by atoms with Gasteiger partial charge in [0.25, 0.3) is 5.91 Å². The second-order valence-electron chi connectivity index (χ2n) is 7.35. The van der Waals surface area contributed by atoms with Gasteiger partial charge in [-0.3, -0.25) is 4.79 Å². The summed E-state index contributed by atoms with van der Waals surface area (Å²) in [6, 6.07) is 30.6. The first kappa shape index (κ1) is 20.0. The third kappa shape index (κ3) is 4.11. The minimum Gasteiger partial charge on any atom is -0.455 e. The number of nitrogens with one attached hydrogen (secondary N) is 1. The first-order valence-electron chi connectivity index (χ1n) is 10.3. The van der Waals surface area contributed by atoms with Crippen LogP contribution in [0.5, 0.6) is 11.5 Å². The molecule has 2 heterocycles. The van der Waals surface area contributed by atoms with Gasteiger partial charge in [-0.25, -0.2) is 4.98 Å². The van der Waals surface area contributed by atoms with E-state index in [1.165, 1.54) is 4.88 Å². The van der Waals surface area contributed by atoms with Gasteiger partial charge in [0.05, 0.1) is 27.3 Å². The molecule has 0 aliphatic heterocycles. The summed E-state index contributed by atoms with van der Waals surface area (Å²) < 4.78 is 6.00. The number of pyridine rings is 1. The zero-order chi connectivity index (χ0) is 21.9. The van der Waals surface area contributed by atoms with Crippen molar-refractivity contribution < 1.29 is 9.53 Å². The van der Waals surface area contributed by atoms with Crippen LogP contribution in [0.4, 0.5) is 5.69 Å². The Morgan fingerprint density at radius 1 is 0.875 bits per heavy atom. The summed E-state index contributed by atoms with van der Waals surface area (Å²) in [4.78, 5) is 20.5. The molecule has 0 aliphatic carbocycles. The molecule has 0 unspecified atom stereocenters. The summed E-state index contributed by atoms with van der Waals surface area (Å²) in [6.45, 7) is 2.06. The molecule has 3 aromatic carbocycles. The maximum Gasteiger partial charge on any atom is 0.256 e. The molecular formula is C27H20N2O2S. The minimum absolute atomic E-state index is 0.206. The number of carbonyl (C=O) groups excluding carboxylic acids is 1. The topological polar surface area (TPSA) is 51.2 Å². The number of hydrogen-bond acceptors (Lipinski definition) is 4. The molecule has 0 saturated carbocycles. The summed E-state index contributed by atoms with van der Waals surface area (Å²) >= 11 is 1.66. The quantitative estimate of drug-likeness (QED) is 0.314. The number of aryl methyl sites for hydroxylation is 1. The van der Waals surface area contributed by atoms with E-state index in [1.807, 2.05) is 91.0 Å². The van der Waals surface area contributed by atoms with Crippen LogP contribution in [-0.2, 0) is 0 Å². The van der Waals surface area contributed by atoms with Crippen molar-refractivity contribution in [2.45, 2.75) is 6.92 Å². The second kappa shape index (κ2) is 8.65. The molecule has 5 rings (SSSR count). The van der Waals surface area contributed by atoms with E-state index in [4.69, 9.17) is 9.72 Å². The maximum atomic E-state index is 13.4. The van der Waals surface area contributed by atoms with Crippen LogP contribution in [0.25, 0.3) is 21.5 Å². The van der Waals surface area contributed by atoms with Gasteiger partial charge >= 0.3 is 0 Å². The molecule has 1 N–H and O–H groups in total. The zero-order valence-electron chi connectivity index (χ0n) is 17.4. The highest BCUT2D eigenvalue weighted by atomic mass is 32.1. The number of nitrogens with zero attached hydrogens (tertiary/aromatic N) is 1. The molecule has 0 spiro atoms. The Kier molecular flexibility index (Phi) is 5.40. The molecule has 32 heavy (non-hydrogen) atoms. The smallest absolute Gasteiger partial charge is 0.256 e. The lowest BCUT2D eigenvalue weighted by Gasteiger charge is -2.13. The molecule has 4 nitrogen and oxygen atoms in total. The van der Waals surface area contributed by atoms with E-state index >= 15 is 0 Å². The van der Waals surface area contributed by atoms with Crippen molar-refractivity contribution in [3.05, 3.63) is 108 Å². The molecule has 0 atom stereocenters. The number of ether oxygens (including phenoxy) is 1. The fraction of sp³-hybridized carbons (Fsp3) is 0.0370. The molecule has 156 valence electrons. The normalized spacial score (nSPS) is 10.8. The zero-order valence-corrected chi connectivity index (χ0v) is 18.2. The fourth-order valence-electron chi connectivity index (χ4n) is 3.53. The number of hydrogen-bond donors (Lipinski definition) is 1. The van der Waals surface area contributed by atoms with Crippen LogP contribution >= 0.6 is 11.3 Å². The Labute approximate surface area is 190 Å². The van der Waals surface area contributed by atoms with Gasteiger partial charge < -0.3 is 10.1 Å². The summed E-state index contributed by atoms with van der Waals surface area (Å²) in [6.07, 6.45) is 0. The number of carbonyl (C=O) groups is 1. The second-order valence-corrected chi connectivity index (χ2v) is 8.64. The van der Waals surface area contributed by atoms with Crippen LogP contribution in [0.2, 0.25) is 0 Å². The van der Waals surface area contributed by atoms with Crippen molar-refractivity contribution in [3.8, 4) is 22.1 Å². The van der Waals surface area contributed by atoms with Crippen molar-refractivity contribution in [2.75, 3.05) is 5.32 Å². The largest absolute Gasteiger partial charge is 0.455 e. The van der Waals surface area contributed by atoms with E-state index in [1.54, 1.807) is 11.3 Å². The highest BCUT2D eigenvalue weighted by Crippen LogP contribution is 2.32. The van der Waals surface area contributed by atoms with Crippen molar-refractivity contribution in [1.29, 1.82) is 0 Å². The highest BCUT2D eigenvalue weighted by molar-refractivity contribution is 7.15. The lowest BCUT2D eigenvalue weighted by atomic mass is 10.1. The third-order valence-corrected chi connectivity index (χ3v) is 6.08. The van der Waals surface area contributed by atoms with Gasteiger partial charge in [-0.15, -0.1) is 11.3 Å². The van der Waals surface area contributed by atoms with Crippen LogP contribution in [-0.4, -0.2) is 10.9 Å². The first-order valence-corrected chi connectivity index (χ1v) is 11.1. The number of anilines is 1. The van der Waals surface area contributed by atoms with Crippen molar-refractivity contribution >= 4 is 33.8 Å². The van der Waals surface area contributed by atoms with Crippen LogP contribution < -0.4 is 10.1 Å². The molecule has 2 aromatic heterocycles. The summed E-state index contributed by atoms with van der Waals surface area (Å²) in [5, 5.41) is 3.84. The molecular weight excluding hydrogens is 416 g/mol. The van der Waals surface area contributed by atoms with Crippen LogP contribution in [0.15, 0.2) is 97.1 Å². The molecule has 0 fully saturated rings. The minimum atomic E-state index is -0.206. The lowest BCUT2D eigenvalue weighted by molar-refractivity contribution is 0.102.